The lowest BCUT2D eigenvalue weighted by atomic mass is 10.2. The fraction of sp³-hybridized carbons (Fsp3) is 0.294. The van der Waals surface area contributed by atoms with Crippen LogP contribution in [0.3, 0.4) is 0 Å². The third-order valence-corrected chi connectivity index (χ3v) is 2.74. The highest BCUT2D eigenvalue weighted by Crippen LogP contribution is 2.23. The Morgan fingerprint density at radius 2 is 1.96 bits per heavy atom. The third kappa shape index (κ3) is 5.49. The minimum Gasteiger partial charge on any atom is -0.444 e. The van der Waals surface area contributed by atoms with Gasteiger partial charge in [-0.1, -0.05) is 6.07 Å². The van der Waals surface area contributed by atoms with Crippen molar-refractivity contribution < 1.29 is 23.0 Å². The molecule has 0 radical (unpaired) electrons. The van der Waals surface area contributed by atoms with E-state index in [1.165, 1.54) is 12.3 Å². The standard InChI is InChI=1S/C17H18F2N2O3/c1-17(2,3)24-16(22)21-10-11-4-7-15(20-9-11)23-14-8-12(18)5-6-13(14)19/h4-9H,10H2,1-3H3,(H,21,22). The molecule has 0 aliphatic heterocycles. The molecule has 2 rings (SSSR count). The number of rotatable bonds is 4. The zero-order valence-electron chi connectivity index (χ0n) is 13.6. The Labute approximate surface area is 138 Å². The SMILES string of the molecule is CC(C)(C)OC(=O)NCc1ccc(Oc2cc(F)ccc2F)nc1. The first-order valence-corrected chi connectivity index (χ1v) is 7.27. The van der Waals surface area contributed by atoms with E-state index in [2.05, 4.69) is 10.3 Å². The van der Waals surface area contributed by atoms with E-state index in [1.54, 1.807) is 26.8 Å². The smallest absolute Gasteiger partial charge is 0.407 e. The first-order chi connectivity index (χ1) is 11.2. The first-order valence-electron chi connectivity index (χ1n) is 7.27. The maximum Gasteiger partial charge on any atom is 0.407 e. The molecule has 0 saturated carbocycles. The van der Waals surface area contributed by atoms with E-state index < -0.39 is 23.3 Å². The molecule has 7 heteroatoms. The minimum absolute atomic E-state index is 0.112. The van der Waals surface area contributed by atoms with E-state index in [1.807, 2.05) is 0 Å². The number of nitrogens with one attached hydrogen (secondary N) is 1. The van der Waals surface area contributed by atoms with E-state index in [0.29, 0.717) is 5.56 Å². The van der Waals surface area contributed by atoms with Crippen LogP contribution in [0.15, 0.2) is 36.5 Å². The largest absolute Gasteiger partial charge is 0.444 e. The Bertz CT molecular complexity index is 713. The molecule has 0 spiro atoms. The molecule has 24 heavy (non-hydrogen) atoms. The van der Waals surface area contributed by atoms with Gasteiger partial charge in [-0.25, -0.2) is 18.6 Å². The summed E-state index contributed by atoms with van der Waals surface area (Å²) < 4.78 is 36.9. The molecule has 0 atom stereocenters. The molecule has 5 nitrogen and oxygen atoms in total. The summed E-state index contributed by atoms with van der Waals surface area (Å²) in [5, 5.41) is 2.59. The molecule has 0 saturated heterocycles. The van der Waals surface area contributed by atoms with Gasteiger partial charge in [0.1, 0.15) is 11.4 Å². The number of carbonyl (C=O) groups excluding carboxylic acids is 1. The van der Waals surface area contributed by atoms with Gasteiger partial charge in [-0.2, -0.15) is 0 Å². The lowest BCUT2D eigenvalue weighted by Crippen LogP contribution is -2.32. The summed E-state index contributed by atoms with van der Waals surface area (Å²) in [6, 6.07) is 6.06. The number of amides is 1. The van der Waals surface area contributed by atoms with Gasteiger partial charge in [0.15, 0.2) is 11.6 Å². The zero-order valence-corrected chi connectivity index (χ0v) is 13.6. The van der Waals surface area contributed by atoms with Crippen LogP contribution in [0, 0.1) is 11.6 Å². The Morgan fingerprint density at radius 1 is 1.21 bits per heavy atom. The highest BCUT2D eigenvalue weighted by molar-refractivity contribution is 5.67. The highest BCUT2D eigenvalue weighted by Gasteiger charge is 2.15. The van der Waals surface area contributed by atoms with Gasteiger partial charge in [0.25, 0.3) is 0 Å². The average Bonchev–Trinajstić information content (AvgIpc) is 2.48. The fourth-order valence-corrected chi connectivity index (χ4v) is 1.73. The predicted molar refractivity (Wildman–Crippen MR) is 83.7 cm³/mol. The fourth-order valence-electron chi connectivity index (χ4n) is 1.73. The second kappa shape index (κ2) is 7.25. The van der Waals surface area contributed by atoms with Crippen molar-refractivity contribution in [3.05, 3.63) is 53.7 Å². The molecule has 1 heterocycles. The molecule has 0 aliphatic rings. The Kier molecular flexibility index (Phi) is 5.33. The summed E-state index contributed by atoms with van der Waals surface area (Å²) in [5.74, 6) is -1.43. The van der Waals surface area contributed by atoms with Crippen molar-refractivity contribution in [2.24, 2.45) is 0 Å². The number of aromatic nitrogens is 1. The first kappa shape index (κ1) is 17.7. The van der Waals surface area contributed by atoms with Crippen molar-refractivity contribution in [2.45, 2.75) is 32.9 Å². The lowest BCUT2D eigenvalue weighted by Gasteiger charge is -2.19. The van der Waals surface area contributed by atoms with E-state index in [-0.39, 0.29) is 18.2 Å². The van der Waals surface area contributed by atoms with Gasteiger partial charge in [0.2, 0.25) is 5.88 Å². The van der Waals surface area contributed by atoms with Crippen LogP contribution >= 0.6 is 0 Å². The van der Waals surface area contributed by atoms with E-state index in [0.717, 1.165) is 18.2 Å². The number of pyridine rings is 1. The summed E-state index contributed by atoms with van der Waals surface area (Å²) in [6.07, 6.45) is 0.925. The van der Waals surface area contributed by atoms with Crippen LogP contribution in [0.5, 0.6) is 11.6 Å². The van der Waals surface area contributed by atoms with Crippen molar-refractivity contribution in [3.8, 4) is 11.6 Å². The maximum atomic E-state index is 13.5. The summed E-state index contributed by atoms with van der Waals surface area (Å²) in [6.45, 7) is 5.53. The quantitative estimate of drug-likeness (QED) is 0.910. The second-order valence-electron chi connectivity index (χ2n) is 6.04. The van der Waals surface area contributed by atoms with Crippen molar-refractivity contribution in [2.75, 3.05) is 0 Å². The number of benzene rings is 1. The molecule has 1 aromatic heterocycles. The minimum atomic E-state index is -0.686. The highest BCUT2D eigenvalue weighted by atomic mass is 19.1. The van der Waals surface area contributed by atoms with Crippen LogP contribution in [0.25, 0.3) is 0 Å². The average molecular weight is 336 g/mol. The van der Waals surface area contributed by atoms with E-state index in [9.17, 15) is 13.6 Å². The summed E-state index contributed by atoms with van der Waals surface area (Å²) in [4.78, 5) is 15.5. The van der Waals surface area contributed by atoms with Crippen LogP contribution in [-0.2, 0) is 11.3 Å². The summed E-state index contributed by atoms with van der Waals surface area (Å²) >= 11 is 0. The number of alkyl carbamates (subject to hydrolysis) is 1. The van der Waals surface area contributed by atoms with Crippen molar-refractivity contribution in [1.29, 1.82) is 0 Å². The second-order valence-corrected chi connectivity index (χ2v) is 6.04. The van der Waals surface area contributed by atoms with Gasteiger partial charge in [-0.3, -0.25) is 0 Å². The number of carbonyl (C=O) groups is 1. The monoisotopic (exact) mass is 336 g/mol. The number of halogens is 2. The number of hydrogen-bond acceptors (Lipinski definition) is 4. The molecule has 0 bridgehead atoms. The summed E-state index contributed by atoms with van der Waals surface area (Å²) in [5.41, 5.74) is 0.127. The van der Waals surface area contributed by atoms with Gasteiger partial charge in [0, 0.05) is 24.9 Å². The molecular formula is C17H18F2N2O3. The van der Waals surface area contributed by atoms with Crippen LogP contribution in [0.4, 0.5) is 13.6 Å². The van der Waals surface area contributed by atoms with E-state index >= 15 is 0 Å². The van der Waals surface area contributed by atoms with Crippen LogP contribution < -0.4 is 10.1 Å². The topological polar surface area (TPSA) is 60.5 Å². The molecule has 2 aromatic rings. The van der Waals surface area contributed by atoms with Gasteiger partial charge >= 0.3 is 6.09 Å². The number of hydrogen-bond donors (Lipinski definition) is 1. The molecule has 0 aliphatic carbocycles. The van der Waals surface area contributed by atoms with Gasteiger partial charge in [-0.15, -0.1) is 0 Å². The zero-order chi connectivity index (χ0) is 17.7. The Balaban J connectivity index is 1.93. The molecule has 1 N–H and O–H groups in total. The molecular weight excluding hydrogens is 318 g/mol. The van der Waals surface area contributed by atoms with Gasteiger partial charge in [0.05, 0.1) is 0 Å². The van der Waals surface area contributed by atoms with Gasteiger partial charge in [-0.05, 0) is 38.5 Å². The molecule has 0 unspecified atom stereocenters. The predicted octanol–water partition coefficient (Wildman–Crippen LogP) is 4.18. The molecule has 0 fully saturated rings. The van der Waals surface area contributed by atoms with Crippen LogP contribution in [0.1, 0.15) is 26.3 Å². The molecule has 1 aromatic carbocycles. The maximum absolute atomic E-state index is 13.5. The Hall–Kier alpha value is -2.70. The van der Waals surface area contributed by atoms with E-state index in [4.69, 9.17) is 9.47 Å². The number of ether oxygens (including phenoxy) is 2. The lowest BCUT2D eigenvalue weighted by molar-refractivity contribution is 0.0523. The summed E-state index contributed by atoms with van der Waals surface area (Å²) in [7, 11) is 0. The molecule has 1 amide bonds. The molecule has 128 valence electrons. The van der Waals surface area contributed by atoms with Crippen LogP contribution in [-0.4, -0.2) is 16.7 Å². The third-order valence-electron chi connectivity index (χ3n) is 2.74. The normalized spacial score (nSPS) is 11.0. The van der Waals surface area contributed by atoms with Crippen molar-refractivity contribution in [3.63, 3.8) is 0 Å². The van der Waals surface area contributed by atoms with Crippen LogP contribution in [0.2, 0.25) is 0 Å². The number of nitrogens with zero attached hydrogens (tertiary/aromatic N) is 1. The van der Waals surface area contributed by atoms with Crippen molar-refractivity contribution in [1.82, 2.24) is 10.3 Å². The van der Waals surface area contributed by atoms with Gasteiger partial charge < -0.3 is 14.8 Å². The van der Waals surface area contributed by atoms with Crippen molar-refractivity contribution >= 4 is 6.09 Å². The Morgan fingerprint density at radius 3 is 2.58 bits per heavy atom.